The van der Waals surface area contributed by atoms with Crippen molar-refractivity contribution in [2.24, 2.45) is 0 Å². The first-order valence-corrected chi connectivity index (χ1v) is 7.25. The largest absolute Gasteiger partial charge is 0.305 e. The third kappa shape index (κ3) is 1.98. The number of hydrogen-bond acceptors (Lipinski definition) is 5. The van der Waals surface area contributed by atoms with Gasteiger partial charge in [-0.2, -0.15) is 4.39 Å². The molecule has 1 aliphatic rings. The summed E-state index contributed by atoms with van der Waals surface area (Å²) in [5.74, 6) is -3.62. The van der Waals surface area contributed by atoms with E-state index >= 15 is 0 Å². The van der Waals surface area contributed by atoms with Crippen LogP contribution in [0, 0.1) is 15.9 Å². The number of halogens is 2. The highest BCUT2D eigenvalue weighted by Gasteiger charge is 2.55. The van der Waals surface area contributed by atoms with E-state index in [4.69, 9.17) is 0 Å². The van der Waals surface area contributed by atoms with Gasteiger partial charge in [0.15, 0.2) is 9.84 Å². The lowest BCUT2D eigenvalue weighted by molar-refractivity contribution is -0.387. The topological polar surface area (TPSA) is 94.3 Å². The Morgan fingerprint density at radius 3 is 2.55 bits per heavy atom. The number of nitrogens with zero attached hydrogens (tertiary/aromatic N) is 1. The van der Waals surface area contributed by atoms with Crippen molar-refractivity contribution in [3.8, 4) is 0 Å². The molecule has 1 aliphatic heterocycles. The number of benzene rings is 1. The fourth-order valence-corrected chi connectivity index (χ4v) is 3.79. The van der Waals surface area contributed by atoms with Crippen molar-refractivity contribution in [2.45, 2.75) is 17.8 Å². The molecule has 1 heterocycles. The number of sulfone groups is 1. The number of carbonyl (C=O) groups excluding carboxylic acids is 1. The number of rotatable bonds is 3. The summed E-state index contributed by atoms with van der Waals surface area (Å²) in [6.07, 6.45) is -0.628. The molecule has 108 valence electrons. The smallest absolute Gasteiger partial charge is 0.289 e. The van der Waals surface area contributed by atoms with Crippen LogP contribution in [0.1, 0.15) is 23.2 Å². The minimum absolute atomic E-state index is 0.0544. The summed E-state index contributed by atoms with van der Waals surface area (Å²) in [5, 5.41) is 7.36. The summed E-state index contributed by atoms with van der Waals surface area (Å²) in [6, 6.07) is 2.64. The number of carbonyl (C=O) groups is 1. The Kier molecular flexibility index (Phi) is 3.32. The molecule has 6 nitrogen and oxygen atoms in total. The van der Waals surface area contributed by atoms with Crippen LogP contribution in [-0.4, -0.2) is 29.9 Å². The van der Waals surface area contributed by atoms with Gasteiger partial charge in [0.2, 0.25) is 11.6 Å². The molecule has 0 aliphatic carbocycles. The predicted molar refractivity (Wildman–Crippen MR) is 64.2 cm³/mol. The number of nitro groups is 1. The zero-order valence-electron chi connectivity index (χ0n) is 10.0. The van der Waals surface area contributed by atoms with Gasteiger partial charge >= 0.3 is 5.69 Å². The molecule has 9 heteroatoms. The minimum atomic E-state index is -4.34. The first kappa shape index (κ1) is 14.5. The summed E-state index contributed by atoms with van der Waals surface area (Å²) >= 11 is 0. The lowest BCUT2D eigenvalue weighted by atomic mass is 10.0. The van der Waals surface area contributed by atoms with Crippen LogP contribution in [0.25, 0.3) is 0 Å². The Bertz CT molecular complexity index is 703. The number of nitro benzene ring substituents is 1. The zero-order chi connectivity index (χ0) is 15.1. The molecule has 1 saturated heterocycles. The molecule has 0 amide bonds. The second-order valence-electron chi connectivity index (χ2n) is 4.38. The van der Waals surface area contributed by atoms with E-state index in [9.17, 15) is 32.1 Å². The maximum Gasteiger partial charge on any atom is 0.305 e. The van der Waals surface area contributed by atoms with Crippen LogP contribution < -0.4 is 0 Å². The third-order valence-corrected chi connectivity index (χ3v) is 5.36. The van der Waals surface area contributed by atoms with E-state index in [2.05, 4.69) is 0 Å². The Balaban J connectivity index is 2.56. The van der Waals surface area contributed by atoms with Crippen molar-refractivity contribution in [1.29, 1.82) is 0 Å². The van der Waals surface area contributed by atoms with Gasteiger partial charge in [0.25, 0.3) is 5.00 Å². The molecule has 1 unspecified atom stereocenters. The quantitative estimate of drug-likeness (QED) is 0.482. The second kappa shape index (κ2) is 4.58. The van der Waals surface area contributed by atoms with Crippen LogP contribution in [0.2, 0.25) is 0 Å². The average Bonchev–Trinajstić information content (AvgIpc) is 2.64. The molecule has 0 spiro atoms. The van der Waals surface area contributed by atoms with Crippen molar-refractivity contribution in [1.82, 2.24) is 0 Å². The summed E-state index contributed by atoms with van der Waals surface area (Å²) in [4.78, 5) is 21.5. The Labute approximate surface area is 112 Å². The van der Waals surface area contributed by atoms with Gasteiger partial charge in [0.05, 0.1) is 16.2 Å². The van der Waals surface area contributed by atoms with E-state index in [1.165, 1.54) is 0 Å². The van der Waals surface area contributed by atoms with Crippen molar-refractivity contribution < 1.29 is 26.9 Å². The van der Waals surface area contributed by atoms with Crippen LogP contribution in [0.15, 0.2) is 18.2 Å². The Morgan fingerprint density at radius 2 is 2.05 bits per heavy atom. The summed E-state index contributed by atoms with van der Waals surface area (Å²) < 4.78 is 51.4. The third-order valence-electron chi connectivity index (χ3n) is 3.16. The van der Waals surface area contributed by atoms with E-state index < -0.39 is 54.8 Å². The Hall–Kier alpha value is -1.90. The van der Waals surface area contributed by atoms with Crippen LogP contribution in [-0.2, 0) is 9.84 Å². The molecule has 0 aromatic heterocycles. The standard InChI is InChI=1S/C11H9F2NO5S/c12-9-7(3-1-4-8(9)14(16)17)10(15)11(13)5-2-6-20(11,18)19/h1,3-4H,2,5-6H2. The van der Waals surface area contributed by atoms with Gasteiger partial charge in [-0.3, -0.25) is 14.9 Å². The molecule has 2 rings (SSSR count). The van der Waals surface area contributed by atoms with Gasteiger partial charge in [-0.15, -0.1) is 0 Å². The molecule has 1 aromatic rings. The number of ketones is 1. The summed E-state index contributed by atoms with van der Waals surface area (Å²) in [7, 11) is -4.34. The maximum absolute atomic E-state index is 14.4. The molecule has 1 fully saturated rings. The SMILES string of the molecule is O=C(c1cccc([N+](=O)[O-])c1F)C1(F)CCCS1(=O)=O. The molecule has 20 heavy (non-hydrogen) atoms. The van der Waals surface area contributed by atoms with Gasteiger partial charge in [-0.05, 0) is 12.5 Å². The lowest BCUT2D eigenvalue weighted by Crippen LogP contribution is -2.39. The van der Waals surface area contributed by atoms with Crippen molar-refractivity contribution in [3.05, 3.63) is 39.7 Å². The van der Waals surface area contributed by atoms with Crippen molar-refractivity contribution in [3.63, 3.8) is 0 Å². The van der Waals surface area contributed by atoms with E-state index in [-0.39, 0.29) is 6.42 Å². The second-order valence-corrected chi connectivity index (χ2v) is 6.66. The van der Waals surface area contributed by atoms with Crippen LogP contribution >= 0.6 is 0 Å². The highest BCUT2D eigenvalue weighted by atomic mass is 32.2. The predicted octanol–water partition coefficient (Wildman–Crippen LogP) is 1.79. The van der Waals surface area contributed by atoms with Crippen LogP contribution in [0.5, 0.6) is 0 Å². The molecule has 1 atom stereocenters. The molecule has 0 radical (unpaired) electrons. The summed E-state index contributed by atoms with van der Waals surface area (Å²) in [5.41, 5.74) is -1.93. The zero-order valence-corrected chi connectivity index (χ0v) is 10.8. The maximum atomic E-state index is 14.4. The number of Topliss-reactive ketones (excluding diaryl/α,β-unsaturated/α-hetero) is 1. The molecule has 0 N–H and O–H groups in total. The molecule has 1 aromatic carbocycles. The fraction of sp³-hybridized carbons (Fsp3) is 0.364. The fourth-order valence-electron chi connectivity index (χ4n) is 2.10. The van der Waals surface area contributed by atoms with Gasteiger partial charge < -0.3 is 0 Å². The van der Waals surface area contributed by atoms with Gasteiger partial charge in [-0.1, -0.05) is 6.07 Å². The van der Waals surface area contributed by atoms with E-state index in [0.717, 1.165) is 18.2 Å². The molecule has 0 bridgehead atoms. The van der Waals surface area contributed by atoms with E-state index in [1.807, 2.05) is 0 Å². The normalized spacial score (nSPS) is 24.5. The Morgan fingerprint density at radius 1 is 1.40 bits per heavy atom. The highest BCUT2D eigenvalue weighted by molar-refractivity contribution is 7.93. The molecular weight excluding hydrogens is 296 g/mol. The van der Waals surface area contributed by atoms with Gasteiger partial charge in [0.1, 0.15) is 0 Å². The molecule has 0 saturated carbocycles. The van der Waals surface area contributed by atoms with E-state index in [0.29, 0.717) is 0 Å². The highest BCUT2D eigenvalue weighted by Crippen LogP contribution is 2.38. The first-order chi connectivity index (χ1) is 9.21. The van der Waals surface area contributed by atoms with Gasteiger partial charge in [0, 0.05) is 12.5 Å². The number of hydrogen-bond donors (Lipinski definition) is 0. The van der Waals surface area contributed by atoms with Crippen molar-refractivity contribution in [2.75, 3.05) is 5.75 Å². The van der Waals surface area contributed by atoms with Crippen molar-refractivity contribution >= 4 is 21.3 Å². The summed E-state index contributed by atoms with van der Waals surface area (Å²) in [6.45, 7) is 0. The lowest BCUT2D eigenvalue weighted by Gasteiger charge is -2.17. The number of alkyl halides is 1. The first-order valence-electron chi connectivity index (χ1n) is 5.59. The minimum Gasteiger partial charge on any atom is -0.289 e. The van der Waals surface area contributed by atoms with Crippen LogP contribution in [0.4, 0.5) is 14.5 Å². The molecular formula is C11H9F2NO5S. The van der Waals surface area contributed by atoms with Gasteiger partial charge in [-0.25, -0.2) is 12.8 Å². The monoisotopic (exact) mass is 305 g/mol. The van der Waals surface area contributed by atoms with Crippen LogP contribution in [0.3, 0.4) is 0 Å². The van der Waals surface area contributed by atoms with E-state index in [1.54, 1.807) is 0 Å². The average molecular weight is 305 g/mol.